The summed E-state index contributed by atoms with van der Waals surface area (Å²) in [5.41, 5.74) is 1.26. The van der Waals surface area contributed by atoms with Gasteiger partial charge in [-0.1, -0.05) is 0 Å². The number of carbonyl (C=O) groups excluding carboxylic acids is 1. The number of anilines is 1. The Morgan fingerprint density at radius 2 is 2.10 bits per heavy atom. The number of pyridine rings is 1. The Kier molecular flexibility index (Phi) is 5.26. The third-order valence-electron chi connectivity index (χ3n) is 5.07. The van der Waals surface area contributed by atoms with E-state index >= 15 is 0 Å². The Morgan fingerprint density at radius 3 is 2.80 bits per heavy atom. The van der Waals surface area contributed by atoms with Crippen LogP contribution in [0.15, 0.2) is 30.5 Å². The van der Waals surface area contributed by atoms with Crippen LogP contribution < -0.4 is 4.90 Å². The van der Waals surface area contributed by atoms with E-state index in [0.717, 1.165) is 11.4 Å². The molecule has 30 heavy (non-hydrogen) atoms. The standard InChI is InChI=1S/C21H24N6O3/c1-21(2,3)30-20(28)26-12-17-18(13-26)29-9-8-27(17)19-5-4-16(24-25-19)14-6-7-23-15(10-14)11-22/h4-7,10,17-18H,8-9,12-13H2,1-3H3/t17-,18+/m0/s1. The highest BCUT2D eigenvalue weighted by molar-refractivity contribution is 5.69. The van der Waals surface area contributed by atoms with Crippen LogP contribution in [0.25, 0.3) is 11.3 Å². The van der Waals surface area contributed by atoms with Crippen LogP contribution >= 0.6 is 0 Å². The maximum atomic E-state index is 12.5. The number of carbonyl (C=O) groups is 1. The second-order valence-electron chi connectivity index (χ2n) is 8.37. The lowest BCUT2D eigenvalue weighted by Crippen LogP contribution is -2.51. The number of likely N-dealkylation sites (tertiary alicyclic amines) is 1. The Labute approximate surface area is 175 Å². The molecule has 0 radical (unpaired) electrons. The van der Waals surface area contributed by atoms with Gasteiger partial charge >= 0.3 is 6.09 Å². The van der Waals surface area contributed by atoms with Gasteiger partial charge in [0.2, 0.25) is 0 Å². The van der Waals surface area contributed by atoms with Crippen LogP contribution in [0.1, 0.15) is 26.5 Å². The third kappa shape index (κ3) is 4.19. The number of hydrogen-bond donors (Lipinski definition) is 0. The van der Waals surface area contributed by atoms with Crippen molar-refractivity contribution in [2.75, 3.05) is 31.1 Å². The smallest absolute Gasteiger partial charge is 0.410 e. The van der Waals surface area contributed by atoms with E-state index in [0.29, 0.717) is 37.6 Å². The van der Waals surface area contributed by atoms with Crippen LogP contribution in [-0.4, -0.2) is 70.2 Å². The number of nitriles is 1. The fraction of sp³-hybridized carbons (Fsp3) is 0.476. The molecule has 4 heterocycles. The highest BCUT2D eigenvalue weighted by Gasteiger charge is 2.43. The summed E-state index contributed by atoms with van der Waals surface area (Å²) in [5, 5.41) is 17.8. The molecule has 2 atom stereocenters. The van der Waals surface area contributed by atoms with Crippen molar-refractivity contribution in [3.05, 3.63) is 36.2 Å². The highest BCUT2D eigenvalue weighted by atomic mass is 16.6. The largest absolute Gasteiger partial charge is 0.444 e. The molecule has 9 heteroatoms. The highest BCUT2D eigenvalue weighted by Crippen LogP contribution is 2.28. The number of fused-ring (bicyclic) bond motifs is 1. The van der Waals surface area contributed by atoms with E-state index < -0.39 is 5.60 Å². The van der Waals surface area contributed by atoms with Gasteiger partial charge in [0.05, 0.1) is 31.0 Å². The predicted octanol–water partition coefficient (Wildman–Crippen LogP) is 2.23. The molecule has 0 N–H and O–H groups in total. The molecule has 0 saturated carbocycles. The molecule has 156 valence electrons. The average molecular weight is 408 g/mol. The zero-order valence-electron chi connectivity index (χ0n) is 17.3. The number of amides is 1. The summed E-state index contributed by atoms with van der Waals surface area (Å²) in [6.45, 7) is 7.81. The summed E-state index contributed by atoms with van der Waals surface area (Å²) in [6, 6.07) is 9.30. The lowest BCUT2D eigenvalue weighted by Gasteiger charge is -2.37. The van der Waals surface area contributed by atoms with E-state index in [-0.39, 0.29) is 18.2 Å². The number of hydrogen-bond acceptors (Lipinski definition) is 8. The van der Waals surface area contributed by atoms with Gasteiger partial charge in [0.25, 0.3) is 0 Å². The van der Waals surface area contributed by atoms with Crippen molar-refractivity contribution in [3.8, 4) is 17.3 Å². The molecule has 2 aromatic rings. The topological polar surface area (TPSA) is 104 Å². The van der Waals surface area contributed by atoms with Gasteiger partial charge in [-0.3, -0.25) is 0 Å². The lowest BCUT2D eigenvalue weighted by atomic mass is 10.1. The summed E-state index contributed by atoms with van der Waals surface area (Å²) in [4.78, 5) is 20.3. The van der Waals surface area contributed by atoms with E-state index in [9.17, 15) is 4.79 Å². The van der Waals surface area contributed by atoms with Gasteiger partial charge in [0.1, 0.15) is 17.4 Å². The monoisotopic (exact) mass is 408 g/mol. The van der Waals surface area contributed by atoms with Crippen molar-refractivity contribution < 1.29 is 14.3 Å². The Morgan fingerprint density at radius 1 is 1.27 bits per heavy atom. The van der Waals surface area contributed by atoms with Crippen molar-refractivity contribution in [1.82, 2.24) is 20.1 Å². The normalized spacial score (nSPS) is 21.1. The van der Waals surface area contributed by atoms with Crippen molar-refractivity contribution in [2.45, 2.75) is 38.5 Å². The zero-order chi connectivity index (χ0) is 21.3. The van der Waals surface area contributed by atoms with Crippen LogP contribution in [0.3, 0.4) is 0 Å². The predicted molar refractivity (Wildman–Crippen MR) is 109 cm³/mol. The van der Waals surface area contributed by atoms with Crippen LogP contribution in [-0.2, 0) is 9.47 Å². The summed E-state index contributed by atoms with van der Waals surface area (Å²) in [6.07, 6.45) is 1.17. The Hall–Kier alpha value is -3.25. The Bertz CT molecular complexity index is 966. The zero-order valence-corrected chi connectivity index (χ0v) is 17.3. The number of morpholine rings is 1. The summed E-state index contributed by atoms with van der Waals surface area (Å²) in [5.74, 6) is 0.734. The lowest BCUT2D eigenvalue weighted by molar-refractivity contribution is 0.0162. The van der Waals surface area contributed by atoms with Gasteiger partial charge in [-0.2, -0.15) is 5.26 Å². The van der Waals surface area contributed by atoms with E-state index in [2.05, 4.69) is 20.1 Å². The van der Waals surface area contributed by atoms with Gasteiger partial charge in [0, 0.05) is 24.8 Å². The van der Waals surface area contributed by atoms with Crippen molar-refractivity contribution in [1.29, 1.82) is 5.26 Å². The maximum absolute atomic E-state index is 12.5. The summed E-state index contributed by atoms with van der Waals surface area (Å²) >= 11 is 0. The molecule has 2 aromatic heterocycles. The van der Waals surface area contributed by atoms with Crippen LogP contribution in [0, 0.1) is 11.3 Å². The summed E-state index contributed by atoms with van der Waals surface area (Å²) < 4.78 is 11.4. The summed E-state index contributed by atoms with van der Waals surface area (Å²) in [7, 11) is 0. The minimum atomic E-state index is -0.537. The van der Waals surface area contributed by atoms with Crippen molar-refractivity contribution >= 4 is 11.9 Å². The molecular formula is C21H24N6O3. The van der Waals surface area contributed by atoms with Gasteiger partial charge in [-0.25, -0.2) is 9.78 Å². The molecule has 0 aromatic carbocycles. The first kappa shape index (κ1) is 20.0. The molecule has 1 amide bonds. The SMILES string of the molecule is CC(C)(C)OC(=O)N1C[C@H]2OCCN(c3ccc(-c4ccnc(C#N)c4)nn3)[C@H]2C1. The number of nitrogens with zero attached hydrogens (tertiary/aromatic N) is 6. The molecule has 9 nitrogen and oxygen atoms in total. The van der Waals surface area contributed by atoms with Gasteiger partial charge in [-0.15, -0.1) is 10.2 Å². The molecule has 2 saturated heterocycles. The first-order valence-corrected chi connectivity index (χ1v) is 9.90. The van der Waals surface area contributed by atoms with Crippen molar-refractivity contribution in [2.24, 2.45) is 0 Å². The van der Waals surface area contributed by atoms with Crippen LogP contribution in [0.2, 0.25) is 0 Å². The second-order valence-corrected chi connectivity index (χ2v) is 8.37. The number of rotatable bonds is 2. The maximum Gasteiger partial charge on any atom is 0.410 e. The first-order valence-electron chi connectivity index (χ1n) is 9.90. The molecule has 2 aliphatic rings. The number of ether oxygens (including phenoxy) is 2. The Balaban J connectivity index is 1.50. The number of aromatic nitrogens is 3. The van der Waals surface area contributed by atoms with Gasteiger partial charge in [-0.05, 0) is 45.0 Å². The van der Waals surface area contributed by atoms with Gasteiger partial charge in [0.15, 0.2) is 5.82 Å². The fourth-order valence-corrected chi connectivity index (χ4v) is 3.73. The molecule has 0 spiro atoms. The molecular weight excluding hydrogens is 384 g/mol. The van der Waals surface area contributed by atoms with Crippen molar-refractivity contribution in [3.63, 3.8) is 0 Å². The molecule has 0 unspecified atom stereocenters. The molecule has 0 aliphatic carbocycles. The molecule has 0 bridgehead atoms. The molecule has 2 aliphatic heterocycles. The van der Waals surface area contributed by atoms with E-state index in [1.54, 1.807) is 23.2 Å². The molecule has 4 rings (SSSR count). The van der Waals surface area contributed by atoms with Gasteiger partial charge < -0.3 is 19.3 Å². The average Bonchev–Trinajstić information content (AvgIpc) is 3.17. The third-order valence-corrected chi connectivity index (χ3v) is 5.07. The van der Waals surface area contributed by atoms with E-state index in [1.807, 2.05) is 39.0 Å². The fourth-order valence-electron chi connectivity index (χ4n) is 3.73. The first-order chi connectivity index (χ1) is 14.3. The minimum Gasteiger partial charge on any atom is -0.444 e. The quantitative estimate of drug-likeness (QED) is 0.745. The molecule has 2 fully saturated rings. The van der Waals surface area contributed by atoms with Crippen LogP contribution in [0.5, 0.6) is 0 Å². The van der Waals surface area contributed by atoms with Crippen LogP contribution in [0.4, 0.5) is 10.6 Å². The van der Waals surface area contributed by atoms with E-state index in [1.165, 1.54) is 0 Å². The second kappa shape index (κ2) is 7.88. The van der Waals surface area contributed by atoms with E-state index in [4.69, 9.17) is 14.7 Å². The minimum absolute atomic E-state index is 0.00228.